The van der Waals surface area contributed by atoms with E-state index >= 15 is 0 Å². The number of aryl methyl sites for hydroxylation is 2. The highest BCUT2D eigenvalue weighted by atomic mass is 16.5. The summed E-state index contributed by atoms with van der Waals surface area (Å²) in [5.74, 6) is 1.02. The zero-order chi connectivity index (χ0) is 17.4. The minimum atomic E-state index is -0.238. The van der Waals surface area contributed by atoms with E-state index < -0.39 is 0 Å². The Labute approximate surface area is 143 Å². The molecule has 0 aliphatic carbocycles. The lowest BCUT2D eigenvalue weighted by Gasteiger charge is -2.06. The molecule has 0 saturated carbocycles. The van der Waals surface area contributed by atoms with Gasteiger partial charge in [0.1, 0.15) is 17.1 Å². The summed E-state index contributed by atoms with van der Waals surface area (Å²) < 4.78 is 5.06. The van der Waals surface area contributed by atoms with Gasteiger partial charge in [-0.3, -0.25) is 4.79 Å². The largest absolute Gasteiger partial charge is 0.361 e. The van der Waals surface area contributed by atoms with Crippen LogP contribution in [0, 0.1) is 13.8 Å². The van der Waals surface area contributed by atoms with Gasteiger partial charge in [-0.15, -0.1) is 0 Å². The number of hydrogen-bond donors (Lipinski definition) is 2. The molecule has 6 nitrogen and oxygen atoms in total. The van der Waals surface area contributed by atoms with Crippen molar-refractivity contribution in [3.05, 3.63) is 65.5 Å². The summed E-state index contributed by atoms with van der Waals surface area (Å²) in [7, 11) is 0. The normalized spacial score (nSPS) is 11.0. The van der Waals surface area contributed by atoms with Crippen LogP contribution < -0.4 is 5.32 Å². The van der Waals surface area contributed by atoms with Crippen LogP contribution >= 0.6 is 0 Å². The first-order chi connectivity index (χ1) is 12.1. The fourth-order valence-corrected chi connectivity index (χ4v) is 2.83. The van der Waals surface area contributed by atoms with Crippen LogP contribution in [0.15, 0.2) is 53.1 Å². The predicted molar refractivity (Wildman–Crippen MR) is 95.5 cm³/mol. The van der Waals surface area contributed by atoms with Crippen molar-refractivity contribution in [2.45, 2.75) is 13.8 Å². The minimum absolute atomic E-state index is 0.238. The lowest BCUT2D eigenvalue weighted by atomic mass is 10.1. The summed E-state index contributed by atoms with van der Waals surface area (Å²) in [5, 5.41) is 6.71. The van der Waals surface area contributed by atoms with Gasteiger partial charge in [-0.25, -0.2) is 4.98 Å². The first-order valence-corrected chi connectivity index (χ1v) is 7.91. The first-order valence-electron chi connectivity index (χ1n) is 7.91. The number of aromatic nitrogens is 3. The lowest BCUT2D eigenvalue weighted by molar-refractivity contribution is 0.102. The number of nitrogens with one attached hydrogen (secondary N) is 2. The molecule has 2 aromatic heterocycles. The third-order valence-electron chi connectivity index (χ3n) is 4.04. The molecule has 2 heterocycles. The molecule has 0 radical (unpaired) electrons. The van der Waals surface area contributed by atoms with Gasteiger partial charge in [0.15, 0.2) is 0 Å². The molecule has 0 aliphatic rings. The molecule has 0 bridgehead atoms. The molecule has 0 saturated heterocycles. The summed E-state index contributed by atoms with van der Waals surface area (Å²) in [6.45, 7) is 3.47. The van der Waals surface area contributed by atoms with Crippen molar-refractivity contribution in [3.8, 4) is 11.4 Å². The van der Waals surface area contributed by atoms with Gasteiger partial charge in [0, 0.05) is 11.3 Å². The van der Waals surface area contributed by atoms with Crippen LogP contribution in [-0.2, 0) is 0 Å². The fourth-order valence-electron chi connectivity index (χ4n) is 2.83. The maximum absolute atomic E-state index is 12.5. The summed E-state index contributed by atoms with van der Waals surface area (Å²) in [4.78, 5) is 20.3. The van der Waals surface area contributed by atoms with Crippen molar-refractivity contribution in [2.24, 2.45) is 0 Å². The summed E-state index contributed by atoms with van der Waals surface area (Å²) in [6, 6.07) is 15.4. The van der Waals surface area contributed by atoms with E-state index in [1.54, 1.807) is 13.8 Å². The van der Waals surface area contributed by atoms with Gasteiger partial charge in [-0.1, -0.05) is 29.4 Å². The molecule has 0 spiro atoms. The summed E-state index contributed by atoms with van der Waals surface area (Å²) >= 11 is 0. The number of anilines is 1. The Kier molecular flexibility index (Phi) is 3.57. The predicted octanol–water partition coefficient (Wildman–Crippen LogP) is 4.09. The number of H-pyrrole nitrogens is 1. The molecule has 124 valence electrons. The monoisotopic (exact) mass is 332 g/mol. The van der Waals surface area contributed by atoms with Crippen molar-refractivity contribution in [1.29, 1.82) is 0 Å². The highest BCUT2D eigenvalue weighted by Gasteiger charge is 2.17. The number of benzene rings is 2. The molecule has 1 amide bonds. The van der Waals surface area contributed by atoms with Crippen molar-refractivity contribution in [3.63, 3.8) is 0 Å². The van der Waals surface area contributed by atoms with E-state index in [9.17, 15) is 4.79 Å². The van der Waals surface area contributed by atoms with Crippen molar-refractivity contribution >= 4 is 22.6 Å². The van der Waals surface area contributed by atoms with Crippen LogP contribution in [0.5, 0.6) is 0 Å². The Morgan fingerprint density at radius 1 is 1.12 bits per heavy atom. The average molecular weight is 332 g/mol. The highest BCUT2D eigenvalue weighted by molar-refractivity contribution is 6.05. The number of carbonyl (C=O) groups excluding carboxylic acids is 1. The zero-order valence-electron chi connectivity index (χ0n) is 13.8. The van der Waals surface area contributed by atoms with Crippen LogP contribution in [0.3, 0.4) is 0 Å². The molecule has 25 heavy (non-hydrogen) atoms. The van der Waals surface area contributed by atoms with Gasteiger partial charge in [0.2, 0.25) is 0 Å². The first kappa shape index (κ1) is 15.1. The van der Waals surface area contributed by atoms with Gasteiger partial charge in [0.05, 0.1) is 16.7 Å². The number of carbonyl (C=O) groups is 1. The molecular formula is C19H16N4O2. The Hall–Kier alpha value is -3.41. The van der Waals surface area contributed by atoms with Crippen LogP contribution in [0.4, 0.5) is 5.69 Å². The lowest BCUT2D eigenvalue weighted by Crippen LogP contribution is -2.13. The van der Waals surface area contributed by atoms with Crippen LogP contribution in [-0.4, -0.2) is 21.0 Å². The summed E-state index contributed by atoms with van der Waals surface area (Å²) in [6.07, 6.45) is 0. The number of hydrogen-bond acceptors (Lipinski definition) is 4. The molecule has 6 heteroatoms. The number of rotatable bonds is 3. The van der Waals surface area contributed by atoms with Crippen molar-refractivity contribution in [1.82, 2.24) is 15.1 Å². The smallest absolute Gasteiger partial charge is 0.261 e. The van der Waals surface area contributed by atoms with E-state index in [4.69, 9.17) is 4.52 Å². The Bertz CT molecular complexity index is 1030. The van der Waals surface area contributed by atoms with E-state index in [1.807, 2.05) is 48.5 Å². The second-order valence-corrected chi connectivity index (χ2v) is 5.84. The van der Waals surface area contributed by atoms with Crippen molar-refractivity contribution in [2.75, 3.05) is 5.32 Å². The number of nitrogens with zero attached hydrogens (tertiary/aromatic N) is 2. The Morgan fingerprint density at radius 2 is 1.96 bits per heavy atom. The fraction of sp³-hybridized carbons (Fsp3) is 0.105. The standard InChI is InChI=1S/C19H16N4O2/c1-11-17(12(2)25-23-11)19(24)20-14-7-5-6-13(10-14)18-21-15-8-3-4-9-16(15)22-18/h3-10H,1-2H3,(H,20,24)(H,21,22). The topological polar surface area (TPSA) is 83.8 Å². The van der Waals surface area contributed by atoms with Gasteiger partial charge in [0.25, 0.3) is 5.91 Å². The SMILES string of the molecule is Cc1noc(C)c1C(=O)Nc1cccc(-c2nc3ccccc3[nH]2)c1. The van der Waals surface area contributed by atoms with Crippen LogP contribution in [0.25, 0.3) is 22.4 Å². The third-order valence-corrected chi connectivity index (χ3v) is 4.04. The zero-order valence-corrected chi connectivity index (χ0v) is 13.8. The maximum atomic E-state index is 12.5. The second-order valence-electron chi connectivity index (χ2n) is 5.84. The van der Waals surface area contributed by atoms with E-state index in [0.717, 1.165) is 22.4 Å². The van der Waals surface area contributed by atoms with E-state index in [0.29, 0.717) is 22.7 Å². The van der Waals surface area contributed by atoms with Crippen LogP contribution in [0.2, 0.25) is 0 Å². The van der Waals surface area contributed by atoms with Crippen LogP contribution in [0.1, 0.15) is 21.8 Å². The Balaban J connectivity index is 1.64. The van der Waals surface area contributed by atoms with Crippen molar-refractivity contribution < 1.29 is 9.32 Å². The molecule has 2 N–H and O–H groups in total. The Morgan fingerprint density at radius 3 is 2.72 bits per heavy atom. The van der Waals surface area contributed by atoms with E-state index in [1.165, 1.54) is 0 Å². The van der Waals surface area contributed by atoms with E-state index in [2.05, 4.69) is 20.4 Å². The quantitative estimate of drug-likeness (QED) is 0.592. The average Bonchev–Trinajstić information content (AvgIpc) is 3.18. The molecule has 0 aliphatic heterocycles. The number of amides is 1. The van der Waals surface area contributed by atoms with E-state index in [-0.39, 0.29) is 5.91 Å². The number of para-hydroxylation sites is 2. The van der Waals surface area contributed by atoms with Gasteiger partial charge in [-0.2, -0.15) is 0 Å². The molecule has 2 aromatic carbocycles. The van der Waals surface area contributed by atoms with Gasteiger partial charge in [-0.05, 0) is 38.1 Å². The molecule has 4 rings (SSSR count). The molecule has 0 atom stereocenters. The third kappa shape index (κ3) is 2.78. The second kappa shape index (κ2) is 5.90. The molecular weight excluding hydrogens is 316 g/mol. The minimum Gasteiger partial charge on any atom is -0.361 e. The number of aromatic amines is 1. The highest BCUT2D eigenvalue weighted by Crippen LogP contribution is 2.24. The molecule has 0 fully saturated rings. The molecule has 4 aromatic rings. The number of fused-ring (bicyclic) bond motifs is 1. The van der Waals surface area contributed by atoms with Gasteiger partial charge >= 0.3 is 0 Å². The van der Waals surface area contributed by atoms with Gasteiger partial charge < -0.3 is 14.8 Å². The summed E-state index contributed by atoms with van der Waals surface area (Å²) in [5.41, 5.74) is 4.50. The number of imidazole rings is 1. The maximum Gasteiger partial charge on any atom is 0.261 e. The molecule has 0 unspecified atom stereocenters.